The highest BCUT2D eigenvalue weighted by Crippen LogP contribution is 2.30. The van der Waals surface area contributed by atoms with Crippen LogP contribution in [0.4, 0.5) is 11.4 Å². The number of nitro benzene ring substituents is 1. The monoisotopic (exact) mass is 505 g/mol. The Balaban J connectivity index is 1.67. The number of anilines is 1. The van der Waals surface area contributed by atoms with Crippen LogP contribution in [-0.4, -0.2) is 59.9 Å². The van der Waals surface area contributed by atoms with Crippen LogP contribution in [0.2, 0.25) is 0 Å². The molecule has 4 aromatic rings. The van der Waals surface area contributed by atoms with Crippen molar-refractivity contribution in [3.8, 4) is 16.9 Å². The van der Waals surface area contributed by atoms with Gasteiger partial charge < -0.3 is 4.90 Å². The molecule has 1 saturated heterocycles. The Morgan fingerprint density at radius 3 is 2.17 bits per heavy atom. The molecule has 2 heterocycles. The molecule has 184 valence electrons. The second-order valence-electron chi connectivity index (χ2n) is 8.56. The zero-order chi connectivity index (χ0) is 25.4. The maximum atomic E-state index is 13.5. The minimum absolute atomic E-state index is 0.0518. The van der Waals surface area contributed by atoms with E-state index in [-0.39, 0.29) is 11.4 Å². The molecule has 0 spiro atoms. The highest BCUT2D eigenvalue weighted by Gasteiger charge is 2.26. The Morgan fingerprint density at radius 1 is 0.889 bits per heavy atom. The first-order chi connectivity index (χ1) is 17.2. The van der Waals surface area contributed by atoms with E-state index >= 15 is 0 Å². The van der Waals surface area contributed by atoms with Gasteiger partial charge in [0.2, 0.25) is 10.0 Å². The fourth-order valence-electron chi connectivity index (χ4n) is 4.47. The minimum atomic E-state index is -3.30. The van der Waals surface area contributed by atoms with E-state index in [1.54, 1.807) is 24.3 Å². The van der Waals surface area contributed by atoms with Crippen molar-refractivity contribution in [1.82, 2.24) is 14.1 Å². The molecular formula is C25H23N5O5S. The topological polar surface area (TPSA) is 119 Å². The van der Waals surface area contributed by atoms with Gasteiger partial charge in [-0.2, -0.15) is 14.1 Å². The average molecular weight is 506 g/mol. The van der Waals surface area contributed by atoms with E-state index in [1.807, 2.05) is 47.4 Å². The molecule has 1 aliphatic heterocycles. The fourth-order valence-corrected chi connectivity index (χ4v) is 5.30. The van der Waals surface area contributed by atoms with E-state index in [4.69, 9.17) is 0 Å². The Morgan fingerprint density at radius 2 is 1.53 bits per heavy atom. The molecule has 0 aliphatic carbocycles. The van der Waals surface area contributed by atoms with E-state index in [0.29, 0.717) is 48.3 Å². The summed E-state index contributed by atoms with van der Waals surface area (Å²) >= 11 is 0. The molecule has 0 atom stereocenters. The third-order valence-corrected chi connectivity index (χ3v) is 7.61. The quantitative estimate of drug-likeness (QED) is 0.302. The Bertz CT molecular complexity index is 1630. The van der Waals surface area contributed by atoms with Crippen LogP contribution >= 0.6 is 0 Å². The zero-order valence-electron chi connectivity index (χ0n) is 19.4. The molecule has 0 amide bonds. The third kappa shape index (κ3) is 4.34. The van der Waals surface area contributed by atoms with Gasteiger partial charge in [-0.3, -0.25) is 14.9 Å². The van der Waals surface area contributed by atoms with Crippen molar-refractivity contribution >= 4 is 32.2 Å². The molecule has 11 heteroatoms. The molecule has 36 heavy (non-hydrogen) atoms. The number of nitro groups is 1. The lowest BCUT2D eigenvalue weighted by atomic mass is 10.1. The van der Waals surface area contributed by atoms with Crippen LogP contribution in [0.25, 0.3) is 27.7 Å². The highest BCUT2D eigenvalue weighted by atomic mass is 32.2. The van der Waals surface area contributed by atoms with Crippen LogP contribution in [0, 0.1) is 10.1 Å². The maximum absolute atomic E-state index is 13.5. The van der Waals surface area contributed by atoms with E-state index in [9.17, 15) is 23.3 Å². The van der Waals surface area contributed by atoms with Gasteiger partial charge in [-0.05, 0) is 18.2 Å². The van der Waals surface area contributed by atoms with E-state index in [2.05, 4.69) is 5.10 Å². The second kappa shape index (κ2) is 9.17. The van der Waals surface area contributed by atoms with Crippen molar-refractivity contribution in [2.75, 3.05) is 37.3 Å². The smallest absolute Gasteiger partial charge is 0.295 e. The fraction of sp³-hybridized carbons (Fsp3) is 0.200. The SMILES string of the molecule is CS(=O)(=O)N1CCN(c2ccc([N+](=O)[O-])c(-n3nc(-c4ccccc4)c4ccccc4c3=O)c2)CC1. The van der Waals surface area contributed by atoms with Crippen molar-refractivity contribution in [2.45, 2.75) is 0 Å². The number of sulfonamides is 1. The summed E-state index contributed by atoms with van der Waals surface area (Å²) in [6.07, 6.45) is 1.18. The average Bonchev–Trinajstić information content (AvgIpc) is 2.89. The molecule has 1 fully saturated rings. The van der Waals surface area contributed by atoms with Crippen LogP contribution in [0.1, 0.15) is 0 Å². The zero-order valence-corrected chi connectivity index (χ0v) is 20.3. The Labute approximate surface area is 207 Å². The number of rotatable bonds is 5. The summed E-state index contributed by atoms with van der Waals surface area (Å²) in [6.45, 7) is 1.44. The van der Waals surface area contributed by atoms with Gasteiger partial charge in [-0.15, -0.1) is 0 Å². The molecule has 1 aliphatic rings. The van der Waals surface area contributed by atoms with Crippen LogP contribution < -0.4 is 10.5 Å². The second-order valence-corrected chi connectivity index (χ2v) is 10.5. The van der Waals surface area contributed by atoms with Gasteiger partial charge in [0.15, 0.2) is 0 Å². The molecular weight excluding hydrogens is 482 g/mol. The molecule has 1 aromatic heterocycles. The standard InChI is InChI=1S/C25H23N5O5S/c1-36(34,35)28-15-13-27(14-16-28)19-11-12-22(30(32)33)23(17-19)29-25(31)21-10-6-5-9-20(21)24(26-29)18-7-3-2-4-8-18/h2-12,17H,13-16H2,1H3. The van der Waals surface area contributed by atoms with Crippen molar-refractivity contribution in [3.63, 3.8) is 0 Å². The number of hydrogen-bond acceptors (Lipinski definition) is 7. The summed E-state index contributed by atoms with van der Waals surface area (Å²) in [5.41, 5.74) is 1.29. The van der Waals surface area contributed by atoms with Gasteiger partial charge in [-0.25, -0.2) is 8.42 Å². The van der Waals surface area contributed by atoms with E-state index < -0.39 is 20.5 Å². The first-order valence-corrected chi connectivity index (χ1v) is 13.2. The molecule has 0 N–H and O–H groups in total. The van der Waals surface area contributed by atoms with Gasteiger partial charge in [0.1, 0.15) is 5.69 Å². The predicted molar refractivity (Wildman–Crippen MR) is 138 cm³/mol. The maximum Gasteiger partial charge on any atom is 0.295 e. The molecule has 0 saturated carbocycles. The molecule has 3 aromatic carbocycles. The van der Waals surface area contributed by atoms with Gasteiger partial charge in [-0.1, -0.05) is 48.5 Å². The number of fused-ring (bicyclic) bond motifs is 1. The van der Waals surface area contributed by atoms with Gasteiger partial charge in [0.05, 0.1) is 22.3 Å². The molecule has 0 unspecified atom stereocenters. The number of aromatic nitrogens is 2. The van der Waals surface area contributed by atoms with Crippen molar-refractivity contribution in [1.29, 1.82) is 0 Å². The summed E-state index contributed by atoms with van der Waals surface area (Å²) in [4.78, 5) is 26.9. The van der Waals surface area contributed by atoms with Crippen molar-refractivity contribution in [3.05, 3.63) is 93.3 Å². The van der Waals surface area contributed by atoms with Gasteiger partial charge in [0.25, 0.3) is 11.2 Å². The summed E-state index contributed by atoms with van der Waals surface area (Å²) in [7, 11) is -3.30. The summed E-state index contributed by atoms with van der Waals surface area (Å²) in [5, 5.41) is 17.6. The Hall–Kier alpha value is -4.09. The predicted octanol–water partition coefficient (Wildman–Crippen LogP) is 3.04. The lowest BCUT2D eigenvalue weighted by Gasteiger charge is -2.34. The van der Waals surface area contributed by atoms with Crippen LogP contribution in [0.3, 0.4) is 0 Å². The third-order valence-electron chi connectivity index (χ3n) is 6.31. The van der Waals surface area contributed by atoms with Crippen LogP contribution in [0.15, 0.2) is 77.6 Å². The number of nitrogens with zero attached hydrogens (tertiary/aromatic N) is 5. The normalized spacial score (nSPS) is 14.8. The highest BCUT2D eigenvalue weighted by molar-refractivity contribution is 7.88. The van der Waals surface area contributed by atoms with Crippen molar-refractivity contribution in [2.24, 2.45) is 0 Å². The number of piperazine rings is 1. The first kappa shape index (κ1) is 23.6. The van der Waals surface area contributed by atoms with Crippen molar-refractivity contribution < 1.29 is 13.3 Å². The van der Waals surface area contributed by atoms with Gasteiger partial charge >= 0.3 is 0 Å². The Kier molecular flexibility index (Phi) is 6.02. The summed E-state index contributed by atoms with van der Waals surface area (Å²) in [5.74, 6) is 0. The molecule has 10 nitrogen and oxygen atoms in total. The lowest BCUT2D eigenvalue weighted by molar-refractivity contribution is -0.384. The molecule has 0 bridgehead atoms. The number of hydrogen-bond donors (Lipinski definition) is 0. The van der Waals surface area contributed by atoms with E-state index in [0.717, 1.165) is 10.2 Å². The molecule has 0 radical (unpaired) electrons. The van der Waals surface area contributed by atoms with Crippen LogP contribution in [-0.2, 0) is 10.0 Å². The summed E-state index contributed by atoms with van der Waals surface area (Å²) < 4.78 is 26.2. The van der Waals surface area contributed by atoms with Gasteiger partial charge in [0, 0.05) is 48.9 Å². The minimum Gasteiger partial charge on any atom is -0.369 e. The van der Waals surface area contributed by atoms with E-state index in [1.165, 1.54) is 16.6 Å². The molecule has 5 rings (SSSR count). The number of benzene rings is 3. The first-order valence-electron chi connectivity index (χ1n) is 11.3. The lowest BCUT2D eigenvalue weighted by Crippen LogP contribution is -2.48. The summed E-state index contributed by atoms with van der Waals surface area (Å²) in [6, 6.07) is 20.9. The largest absolute Gasteiger partial charge is 0.369 e. The van der Waals surface area contributed by atoms with Crippen LogP contribution in [0.5, 0.6) is 0 Å².